The lowest BCUT2D eigenvalue weighted by atomic mass is 9.85. The van der Waals surface area contributed by atoms with Gasteiger partial charge in [-0.15, -0.1) is 0 Å². The number of hydrogen-bond donors (Lipinski definition) is 0. The van der Waals surface area contributed by atoms with Gasteiger partial charge in [-0.2, -0.15) is 0 Å². The van der Waals surface area contributed by atoms with Crippen molar-refractivity contribution >= 4 is 76.2 Å². The van der Waals surface area contributed by atoms with Gasteiger partial charge in [-0.25, -0.2) is 0 Å². The topological polar surface area (TPSA) is 26.3 Å². The van der Waals surface area contributed by atoms with Crippen LogP contribution in [0.5, 0.6) is 0 Å². The van der Waals surface area contributed by atoms with Crippen LogP contribution in [0.25, 0.3) is 98.4 Å². The summed E-state index contributed by atoms with van der Waals surface area (Å²) in [6, 6.07) is 51.8. The fourth-order valence-electron chi connectivity index (χ4n) is 7.41. The second-order valence-electron chi connectivity index (χ2n) is 11.6. The van der Waals surface area contributed by atoms with E-state index in [0.717, 1.165) is 54.6 Å². The van der Waals surface area contributed by atoms with Crippen LogP contribution in [0.2, 0.25) is 0 Å². The molecule has 0 fully saturated rings. The van der Waals surface area contributed by atoms with E-state index >= 15 is 0 Å². The molecular formula is C42H24O2. The quantitative estimate of drug-likeness (QED) is 0.197. The summed E-state index contributed by atoms with van der Waals surface area (Å²) in [4.78, 5) is 0. The van der Waals surface area contributed by atoms with Gasteiger partial charge in [0.25, 0.3) is 0 Å². The van der Waals surface area contributed by atoms with Crippen LogP contribution in [0.4, 0.5) is 0 Å². The minimum Gasteiger partial charge on any atom is -0.455 e. The molecule has 2 nitrogen and oxygen atoms in total. The molecule has 44 heavy (non-hydrogen) atoms. The third-order valence-electron chi connectivity index (χ3n) is 9.23. The van der Waals surface area contributed by atoms with E-state index in [1.807, 2.05) is 12.1 Å². The molecule has 0 unspecified atom stereocenters. The van der Waals surface area contributed by atoms with E-state index in [1.165, 1.54) is 43.8 Å². The third kappa shape index (κ3) is 3.14. The van der Waals surface area contributed by atoms with E-state index in [2.05, 4.69) is 133 Å². The maximum atomic E-state index is 6.72. The fraction of sp³-hybridized carbons (Fsp3) is 0. The largest absolute Gasteiger partial charge is 0.455 e. The molecule has 2 heterocycles. The van der Waals surface area contributed by atoms with Gasteiger partial charge in [0.2, 0.25) is 0 Å². The van der Waals surface area contributed by atoms with Gasteiger partial charge in [0.15, 0.2) is 0 Å². The molecule has 0 aliphatic rings. The molecule has 2 heteroatoms. The highest BCUT2D eigenvalue weighted by atomic mass is 16.3. The summed E-state index contributed by atoms with van der Waals surface area (Å²) in [6.45, 7) is 0. The normalized spacial score (nSPS) is 12.1. The smallest absolute Gasteiger partial charge is 0.147 e. The molecule has 0 saturated heterocycles. The van der Waals surface area contributed by atoms with Crippen LogP contribution in [0.1, 0.15) is 0 Å². The average molecular weight is 561 g/mol. The minimum absolute atomic E-state index is 0.873. The van der Waals surface area contributed by atoms with Gasteiger partial charge < -0.3 is 8.83 Å². The second kappa shape index (κ2) is 8.82. The van der Waals surface area contributed by atoms with Crippen LogP contribution in [0.15, 0.2) is 154 Å². The van der Waals surface area contributed by atoms with Gasteiger partial charge in [-0.3, -0.25) is 0 Å². The molecule has 0 aliphatic heterocycles. The van der Waals surface area contributed by atoms with E-state index in [4.69, 9.17) is 8.83 Å². The Kier molecular flexibility index (Phi) is 4.75. The van der Waals surface area contributed by atoms with Crippen molar-refractivity contribution in [2.24, 2.45) is 0 Å². The Morgan fingerprint density at radius 3 is 1.48 bits per heavy atom. The zero-order valence-electron chi connectivity index (χ0n) is 23.7. The number of benzene rings is 8. The molecule has 0 N–H and O–H groups in total. The predicted molar refractivity (Wildman–Crippen MR) is 184 cm³/mol. The molecule has 0 spiro atoms. The van der Waals surface area contributed by atoms with E-state index in [0.29, 0.717) is 0 Å². The summed E-state index contributed by atoms with van der Waals surface area (Å²) < 4.78 is 13.2. The van der Waals surface area contributed by atoms with Crippen LogP contribution < -0.4 is 0 Å². The molecule has 0 radical (unpaired) electrons. The van der Waals surface area contributed by atoms with Crippen molar-refractivity contribution in [2.75, 3.05) is 0 Å². The van der Waals surface area contributed by atoms with Crippen molar-refractivity contribution in [3.8, 4) is 22.3 Å². The Hall–Kier alpha value is -5.86. The lowest BCUT2D eigenvalue weighted by molar-refractivity contribution is 0.665. The maximum absolute atomic E-state index is 6.72. The lowest BCUT2D eigenvalue weighted by Gasteiger charge is -2.17. The average Bonchev–Trinajstić information content (AvgIpc) is 3.66. The van der Waals surface area contributed by atoms with Crippen molar-refractivity contribution in [1.29, 1.82) is 0 Å². The number of rotatable bonds is 2. The summed E-state index contributed by atoms with van der Waals surface area (Å²) in [5.74, 6) is 0. The number of fused-ring (bicyclic) bond motifs is 12. The first-order valence-corrected chi connectivity index (χ1v) is 15.0. The van der Waals surface area contributed by atoms with Crippen molar-refractivity contribution in [3.05, 3.63) is 146 Å². The molecule has 10 aromatic rings. The molecule has 10 rings (SSSR count). The maximum Gasteiger partial charge on any atom is 0.147 e. The molecule has 0 atom stereocenters. The van der Waals surface area contributed by atoms with E-state index in [-0.39, 0.29) is 0 Å². The summed E-state index contributed by atoms with van der Waals surface area (Å²) in [6.07, 6.45) is 0. The summed E-state index contributed by atoms with van der Waals surface area (Å²) >= 11 is 0. The third-order valence-corrected chi connectivity index (χ3v) is 9.23. The van der Waals surface area contributed by atoms with Crippen molar-refractivity contribution in [3.63, 3.8) is 0 Å². The Morgan fingerprint density at radius 2 is 0.795 bits per heavy atom. The van der Waals surface area contributed by atoms with Crippen LogP contribution in [0.3, 0.4) is 0 Å². The Labute approximate surface area is 252 Å². The number of furan rings is 2. The molecule has 0 amide bonds. The van der Waals surface area contributed by atoms with E-state index < -0.39 is 0 Å². The van der Waals surface area contributed by atoms with Gasteiger partial charge in [0.1, 0.15) is 22.3 Å². The molecule has 0 bridgehead atoms. The van der Waals surface area contributed by atoms with Gasteiger partial charge in [-0.1, -0.05) is 127 Å². The van der Waals surface area contributed by atoms with Crippen molar-refractivity contribution < 1.29 is 8.83 Å². The first kappa shape index (κ1) is 23.7. The van der Waals surface area contributed by atoms with Crippen molar-refractivity contribution in [2.45, 2.75) is 0 Å². The monoisotopic (exact) mass is 560 g/mol. The predicted octanol–water partition coefficient (Wildman–Crippen LogP) is 12.3. The van der Waals surface area contributed by atoms with Crippen molar-refractivity contribution in [1.82, 2.24) is 0 Å². The summed E-state index contributed by atoms with van der Waals surface area (Å²) in [5.41, 5.74) is 8.42. The Morgan fingerprint density at radius 1 is 0.295 bits per heavy atom. The highest BCUT2D eigenvalue weighted by Crippen LogP contribution is 2.47. The van der Waals surface area contributed by atoms with Crippen LogP contribution in [0, 0.1) is 0 Å². The van der Waals surface area contributed by atoms with Crippen LogP contribution in [-0.2, 0) is 0 Å². The Balaban J connectivity index is 1.36. The van der Waals surface area contributed by atoms with E-state index in [1.54, 1.807) is 0 Å². The first-order chi connectivity index (χ1) is 21.8. The van der Waals surface area contributed by atoms with Crippen LogP contribution in [-0.4, -0.2) is 0 Å². The molecule has 0 saturated carbocycles. The summed E-state index contributed by atoms with van der Waals surface area (Å²) in [7, 11) is 0. The summed E-state index contributed by atoms with van der Waals surface area (Å²) in [5, 5.41) is 11.6. The van der Waals surface area contributed by atoms with Gasteiger partial charge >= 0.3 is 0 Å². The highest BCUT2D eigenvalue weighted by Gasteiger charge is 2.22. The zero-order valence-corrected chi connectivity index (χ0v) is 23.7. The zero-order chi connectivity index (χ0) is 28.8. The first-order valence-electron chi connectivity index (χ1n) is 15.0. The number of hydrogen-bond acceptors (Lipinski definition) is 2. The molecular weight excluding hydrogens is 536 g/mol. The second-order valence-corrected chi connectivity index (χ2v) is 11.6. The standard InChI is InChI=1S/C42H24O2/c1-2-12-25(13-3-1)37-27-14-4-6-16-29(27)38(30-17-7-5-15-28(30)37)26-22-23-36-34(24-26)39-31-18-8-9-19-32(31)41-40(42(39)44-36)33-20-10-11-21-35(33)43-41/h1-24H. The fourth-order valence-corrected chi connectivity index (χ4v) is 7.41. The molecule has 2 aromatic heterocycles. The minimum atomic E-state index is 0.873. The van der Waals surface area contributed by atoms with Crippen LogP contribution >= 0.6 is 0 Å². The number of para-hydroxylation sites is 1. The van der Waals surface area contributed by atoms with Gasteiger partial charge in [0.05, 0.1) is 5.39 Å². The Bertz CT molecular complexity index is 2700. The lowest BCUT2D eigenvalue weighted by Crippen LogP contribution is -1.90. The van der Waals surface area contributed by atoms with Gasteiger partial charge in [-0.05, 0) is 67.4 Å². The van der Waals surface area contributed by atoms with E-state index in [9.17, 15) is 0 Å². The molecule has 0 aliphatic carbocycles. The molecule has 204 valence electrons. The SMILES string of the molecule is c1ccc(-c2c3ccccc3c(-c3ccc4oc5c(c4c3)c3ccccc3c3oc4ccccc4c35)c3ccccc23)cc1. The highest BCUT2D eigenvalue weighted by molar-refractivity contribution is 6.34. The van der Waals surface area contributed by atoms with Gasteiger partial charge in [0, 0.05) is 21.5 Å². The molecule has 8 aromatic carbocycles.